The summed E-state index contributed by atoms with van der Waals surface area (Å²) in [7, 11) is 3.10. The van der Waals surface area contributed by atoms with Gasteiger partial charge in [0.05, 0.1) is 0 Å². The first-order valence-electron chi connectivity index (χ1n) is 8.17. The Labute approximate surface area is 144 Å². The van der Waals surface area contributed by atoms with Crippen molar-refractivity contribution in [2.45, 2.75) is 59.1 Å². The summed E-state index contributed by atoms with van der Waals surface area (Å²) >= 11 is 0. The zero-order chi connectivity index (χ0) is 18.9. The van der Waals surface area contributed by atoms with Crippen molar-refractivity contribution in [1.82, 2.24) is 21.1 Å². The highest BCUT2D eigenvalue weighted by Gasteiger charge is 2.30. The summed E-state index contributed by atoms with van der Waals surface area (Å²) in [4.78, 5) is 37.0. The van der Waals surface area contributed by atoms with Gasteiger partial charge in [0, 0.05) is 27.1 Å². The zero-order valence-corrected chi connectivity index (χ0v) is 15.9. The first kappa shape index (κ1) is 22.2. The van der Waals surface area contributed by atoms with Gasteiger partial charge in [-0.2, -0.15) is 0 Å². The summed E-state index contributed by atoms with van der Waals surface area (Å²) in [6.07, 6.45) is 0.195. The van der Waals surface area contributed by atoms with Gasteiger partial charge in [0.1, 0.15) is 11.6 Å². The smallest absolute Gasteiger partial charge is 0.410 e. The molecule has 0 aliphatic carbocycles. The fourth-order valence-corrected chi connectivity index (χ4v) is 1.88. The molecule has 0 aromatic rings. The van der Waals surface area contributed by atoms with E-state index >= 15 is 0 Å². The van der Waals surface area contributed by atoms with Gasteiger partial charge in [-0.25, -0.2) is 10.2 Å². The predicted octanol–water partition coefficient (Wildman–Crippen LogP) is 1.02. The van der Waals surface area contributed by atoms with E-state index in [-0.39, 0.29) is 24.2 Å². The maximum atomic E-state index is 12.4. The molecule has 0 bridgehead atoms. The summed E-state index contributed by atoms with van der Waals surface area (Å²) in [5.74, 6) is -0.244. The summed E-state index contributed by atoms with van der Waals surface area (Å²) in [5.41, 5.74) is 4.63. The second-order valence-corrected chi connectivity index (χ2v) is 7.08. The van der Waals surface area contributed by atoms with Crippen molar-refractivity contribution >= 4 is 17.9 Å². The van der Waals surface area contributed by atoms with Gasteiger partial charge in [0.25, 0.3) is 5.91 Å². The van der Waals surface area contributed by atoms with E-state index < -0.39 is 17.7 Å². The largest absolute Gasteiger partial charge is 0.444 e. The Bertz CT molecular complexity index is 432. The number of amides is 3. The highest BCUT2D eigenvalue weighted by atomic mass is 16.6. The van der Waals surface area contributed by atoms with E-state index in [0.717, 1.165) is 0 Å². The number of hydrogen-bond acceptors (Lipinski definition) is 5. The second kappa shape index (κ2) is 10.1. The Hall–Kier alpha value is -1.83. The molecule has 0 spiro atoms. The molecule has 0 rings (SSSR count). The van der Waals surface area contributed by atoms with Crippen LogP contribution in [0.1, 0.15) is 47.5 Å². The maximum Gasteiger partial charge on any atom is 0.410 e. The standard InChI is InChI=1S/C16H32N4O4/c1-11(2)10-12(20(7)15(23)24-16(3,4)5)14(22)19-18-9-8-13(21)17-6/h11-12,18H,8-10H2,1-7H3,(H,17,21)(H,19,22). The minimum absolute atomic E-state index is 0.124. The van der Waals surface area contributed by atoms with Crippen molar-refractivity contribution in [2.24, 2.45) is 5.92 Å². The number of carbonyl (C=O) groups excluding carboxylic acids is 3. The highest BCUT2D eigenvalue weighted by molar-refractivity contribution is 5.85. The average molecular weight is 344 g/mol. The molecular weight excluding hydrogens is 312 g/mol. The number of likely N-dealkylation sites (N-methyl/N-ethyl adjacent to an activating group) is 1. The molecule has 8 heteroatoms. The number of rotatable bonds is 8. The number of hydrogen-bond donors (Lipinski definition) is 3. The van der Waals surface area contributed by atoms with Crippen LogP contribution in [0, 0.1) is 5.92 Å². The Balaban J connectivity index is 4.71. The number of carbonyl (C=O) groups is 3. The van der Waals surface area contributed by atoms with E-state index in [2.05, 4.69) is 16.2 Å². The van der Waals surface area contributed by atoms with Crippen molar-refractivity contribution < 1.29 is 19.1 Å². The van der Waals surface area contributed by atoms with Crippen LogP contribution in [0.25, 0.3) is 0 Å². The first-order valence-corrected chi connectivity index (χ1v) is 8.17. The lowest BCUT2D eigenvalue weighted by molar-refractivity contribution is -0.128. The van der Waals surface area contributed by atoms with Crippen LogP contribution >= 0.6 is 0 Å². The fourth-order valence-electron chi connectivity index (χ4n) is 1.88. The third-order valence-electron chi connectivity index (χ3n) is 3.11. The van der Waals surface area contributed by atoms with Crippen molar-refractivity contribution in [3.05, 3.63) is 0 Å². The molecule has 0 aromatic heterocycles. The third-order valence-corrected chi connectivity index (χ3v) is 3.11. The van der Waals surface area contributed by atoms with Gasteiger partial charge < -0.3 is 10.1 Å². The van der Waals surface area contributed by atoms with Crippen molar-refractivity contribution in [3.8, 4) is 0 Å². The van der Waals surface area contributed by atoms with Crippen LogP contribution in [0.2, 0.25) is 0 Å². The van der Waals surface area contributed by atoms with Crippen LogP contribution in [0.4, 0.5) is 4.79 Å². The lowest BCUT2D eigenvalue weighted by Crippen LogP contribution is -2.53. The van der Waals surface area contributed by atoms with E-state index in [9.17, 15) is 14.4 Å². The molecule has 3 amide bonds. The van der Waals surface area contributed by atoms with Gasteiger partial charge in [-0.3, -0.25) is 19.9 Å². The maximum absolute atomic E-state index is 12.4. The average Bonchev–Trinajstić information content (AvgIpc) is 2.45. The van der Waals surface area contributed by atoms with Crippen LogP contribution in [0.15, 0.2) is 0 Å². The minimum atomic E-state index is -0.660. The Morgan fingerprint density at radius 3 is 2.21 bits per heavy atom. The molecule has 0 saturated heterocycles. The molecule has 0 heterocycles. The van der Waals surface area contributed by atoms with E-state index in [4.69, 9.17) is 4.74 Å². The molecule has 0 radical (unpaired) electrons. The monoisotopic (exact) mass is 344 g/mol. The zero-order valence-electron chi connectivity index (χ0n) is 15.9. The predicted molar refractivity (Wildman–Crippen MR) is 92.1 cm³/mol. The molecule has 0 aliphatic rings. The summed E-state index contributed by atoms with van der Waals surface area (Å²) < 4.78 is 5.32. The van der Waals surface area contributed by atoms with Crippen molar-refractivity contribution in [2.75, 3.05) is 20.6 Å². The molecule has 8 nitrogen and oxygen atoms in total. The van der Waals surface area contributed by atoms with Crippen molar-refractivity contribution in [3.63, 3.8) is 0 Å². The van der Waals surface area contributed by atoms with Crippen LogP contribution in [0.5, 0.6) is 0 Å². The molecule has 1 atom stereocenters. The van der Waals surface area contributed by atoms with Crippen LogP contribution in [0.3, 0.4) is 0 Å². The van der Waals surface area contributed by atoms with Gasteiger partial charge in [-0.1, -0.05) is 13.8 Å². The molecule has 3 N–H and O–H groups in total. The minimum Gasteiger partial charge on any atom is -0.444 e. The Kier molecular flexibility index (Phi) is 9.35. The van der Waals surface area contributed by atoms with Crippen LogP contribution in [-0.2, 0) is 14.3 Å². The number of nitrogens with one attached hydrogen (secondary N) is 3. The molecule has 140 valence electrons. The molecule has 24 heavy (non-hydrogen) atoms. The Morgan fingerprint density at radius 1 is 1.17 bits per heavy atom. The molecular formula is C16H32N4O4. The van der Waals surface area contributed by atoms with E-state index in [0.29, 0.717) is 13.0 Å². The van der Waals surface area contributed by atoms with Crippen LogP contribution < -0.4 is 16.2 Å². The molecule has 0 aromatic carbocycles. The van der Waals surface area contributed by atoms with Gasteiger partial charge in [0.15, 0.2) is 0 Å². The van der Waals surface area contributed by atoms with Crippen molar-refractivity contribution in [1.29, 1.82) is 0 Å². The van der Waals surface area contributed by atoms with E-state index in [1.54, 1.807) is 34.9 Å². The number of hydrazine groups is 1. The normalized spacial score (nSPS) is 12.5. The number of ether oxygens (including phenoxy) is 1. The van der Waals surface area contributed by atoms with Gasteiger partial charge in [0.2, 0.25) is 5.91 Å². The van der Waals surface area contributed by atoms with Gasteiger partial charge >= 0.3 is 6.09 Å². The molecule has 0 saturated carbocycles. The fraction of sp³-hybridized carbons (Fsp3) is 0.812. The molecule has 1 unspecified atom stereocenters. The summed E-state index contributed by atoms with van der Waals surface area (Å²) in [5, 5.41) is 2.50. The summed E-state index contributed by atoms with van der Waals surface area (Å²) in [6, 6.07) is -0.660. The molecule has 0 aliphatic heterocycles. The topological polar surface area (TPSA) is 99.8 Å². The van der Waals surface area contributed by atoms with E-state index in [1.807, 2.05) is 13.8 Å². The summed E-state index contributed by atoms with van der Waals surface area (Å²) in [6.45, 7) is 9.57. The SMILES string of the molecule is CNC(=O)CCNNC(=O)C(CC(C)C)N(C)C(=O)OC(C)(C)C. The van der Waals surface area contributed by atoms with Gasteiger partial charge in [-0.15, -0.1) is 0 Å². The van der Waals surface area contributed by atoms with Gasteiger partial charge in [-0.05, 0) is 33.1 Å². The quantitative estimate of drug-likeness (QED) is 0.451. The molecule has 0 fully saturated rings. The Morgan fingerprint density at radius 2 is 1.75 bits per heavy atom. The lowest BCUT2D eigenvalue weighted by atomic mass is 10.0. The second-order valence-electron chi connectivity index (χ2n) is 7.08. The lowest BCUT2D eigenvalue weighted by Gasteiger charge is -2.30. The number of nitrogens with zero attached hydrogens (tertiary/aromatic N) is 1. The first-order chi connectivity index (χ1) is 11.0. The highest BCUT2D eigenvalue weighted by Crippen LogP contribution is 2.15. The van der Waals surface area contributed by atoms with E-state index in [1.165, 1.54) is 4.90 Å². The van der Waals surface area contributed by atoms with Crippen LogP contribution in [-0.4, -0.2) is 55.1 Å². The third kappa shape index (κ3) is 9.34.